The molecular weight excluding hydrogens is 352 g/mol. The molecule has 0 saturated carbocycles. The Morgan fingerprint density at radius 3 is 2.37 bits per heavy atom. The van der Waals surface area contributed by atoms with Crippen molar-refractivity contribution in [1.82, 2.24) is 0 Å². The van der Waals surface area contributed by atoms with Crippen LogP contribution in [0.15, 0.2) is 51.7 Å². The van der Waals surface area contributed by atoms with Gasteiger partial charge in [-0.2, -0.15) is 0 Å². The molecule has 2 aromatic carbocycles. The van der Waals surface area contributed by atoms with Crippen LogP contribution < -0.4 is 24.7 Å². The van der Waals surface area contributed by atoms with Crippen LogP contribution in [0.4, 0.5) is 0 Å². The maximum absolute atomic E-state index is 12.7. The molecule has 140 valence electrons. The second-order valence-electron chi connectivity index (χ2n) is 5.64. The minimum atomic E-state index is -1.34. The number of carboxylic acids is 1. The number of rotatable bonds is 7. The van der Waals surface area contributed by atoms with E-state index in [-0.39, 0.29) is 22.5 Å². The van der Waals surface area contributed by atoms with Crippen LogP contribution in [0.1, 0.15) is 12.7 Å². The zero-order chi connectivity index (χ0) is 19.4. The van der Waals surface area contributed by atoms with Crippen LogP contribution in [0.3, 0.4) is 0 Å². The average molecular weight is 369 g/mol. The van der Waals surface area contributed by atoms with E-state index in [0.717, 1.165) is 0 Å². The van der Waals surface area contributed by atoms with E-state index >= 15 is 0 Å². The lowest BCUT2D eigenvalue weighted by atomic mass is 10.2. The van der Waals surface area contributed by atoms with Gasteiger partial charge in [-0.05, 0) is 50.2 Å². The Labute approximate surface area is 154 Å². The van der Waals surface area contributed by atoms with Crippen molar-refractivity contribution in [3.63, 3.8) is 0 Å². The number of hydrogen-bond acceptors (Lipinski definition) is 7. The van der Waals surface area contributed by atoms with Gasteiger partial charge >= 0.3 is 0 Å². The lowest BCUT2D eigenvalue weighted by Gasteiger charge is -2.11. The highest BCUT2D eigenvalue weighted by Gasteiger charge is 2.14. The van der Waals surface area contributed by atoms with Crippen molar-refractivity contribution in [2.24, 2.45) is 0 Å². The minimum absolute atomic E-state index is 0.0788. The number of benzene rings is 2. The maximum Gasteiger partial charge on any atom is 0.235 e. The molecule has 0 N–H and O–H groups in total. The fraction of sp³-hybridized carbons (Fsp3) is 0.200. The molecule has 1 heterocycles. The predicted molar refractivity (Wildman–Crippen MR) is 95.4 cm³/mol. The standard InChI is InChI=1S/C20H18O7/c1-3-24-13-4-6-14(7-5-13)27-20-12(2)26-17-10-15(25-11-18(21)22)8-9-16(17)19(20)23/h4-10H,3,11H2,1-2H3,(H,21,22)/p-1. The van der Waals surface area contributed by atoms with Crippen LogP contribution in [-0.2, 0) is 4.79 Å². The van der Waals surface area contributed by atoms with Crippen LogP contribution in [0.2, 0.25) is 0 Å². The lowest BCUT2D eigenvalue weighted by molar-refractivity contribution is -0.307. The molecule has 0 aliphatic rings. The quantitative estimate of drug-likeness (QED) is 0.631. The van der Waals surface area contributed by atoms with Gasteiger partial charge in [-0.1, -0.05) is 0 Å². The van der Waals surface area contributed by atoms with Gasteiger partial charge in [-0.15, -0.1) is 0 Å². The summed E-state index contributed by atoms with van der Waals surface area (Å²) in [6.07, 6.45) is 0. The molecule has 3 rings (SSSR count). The van der Waals surface area contributed by atoms with Gasteiger partial charge in [0.25, 0.3) is 0 Å². The Balaban J connectivity index is 1.91. The van der Waals surface area contributed by atoms with Crippen molar-refractivity contribution in [1.29, 1.82) is 0 Å². The van der Waals surface area contributed by atoms with Gasteiger partial charge in [0.05, 0.1) is 18.0 Å². The second kappa shape index (κ2) is 7.82. The first kappa shape index (κ1) is 18.3. The zero-order valence-electron chi connectivity index (χ0n) is 14.8. The number of fused-ring (bicyclic) bond motifs is 1. The number of carbonyl (C=O) groups excluding carboxylic acids is 1. The van der Waals surface area contributed by atoms with Gasteiger partial charge in [0.15, 0.2) is 0 Å². The van der Waals surface area contributed by atoms with E-state index in [1.165, 1.54) is 18.2 Å². The summed E-state index contributed by atoms with van der Waals surface area (Å²) in [6.45, 7) is 3.47. The fourth-order valence-electron chi connectivity index (χ4n) is 2.51. The highest BCUT2D eigenvalue weighted by Crippen LogP contribution is 2.28. The first-order valence-electron chi connectivity index (χ1n) is 8.28. The summed E-state index contributed by atoms with van der Waals surface area (Å²) >= 11 is 0. The summed E-state index contributed by atoms with van der Waals surface area (Å²) in [4.78, 5) is 23.2. The summed E-state index contributed by atoms with van der Waals surface area (Å²) in [6, 6.07) is 11.3. The monoisotopic (exact) mass is 369 g/mol. The van der Waals surface area contributed by atoms with Crippen molar-refractivity contribution in [2.75, 3.05) is 13.2 Å². The molecule has 7 heteroatoms. The lowest BCUT2D eigenvalue weighted by Crippen LogP contribution is -2.28. The van der Waals surface area contributed by atoms with Crippen LogP contribution >= 0.6 is 0 Å². The Hall–Kier alpha value is -3.48. The molecule has 3 aromatic rings. The van der Waals surface area contributed by atoms with Gasteiger partial charge in [-0.25, -0.2) is 0 Å². The molecule has 0 spiro atoms. The van der Waals surface area contributed by atoms with E-state index in [0.29, 0.717) is 29.3 Å². The number of hydrogen-bond donors (Lipinski definition) is 0. The first-order chi connectivity index (χ1) is 13.0. The molecule has 1 aromatic heterocycles. The van der Waals surface area contributed by atoms with Gasteiger partial charge in [0.2, 0.25) is 11.2 Å². The molecular formula is C20H17O7-. The smallest absolute Gasteiger partial charge is 0.235 e. The molecule has 0 bridgehead atoms. The Kier molecular flexibility index (Phi) is 5.30. The Morgan fingerprint density at radius 2 is 1.70 bits per heavy atom. The maximum atomic E-state index is 12.7. The topological polar surface area (TPSA) is 98.0 Å². The van der Waals surface area contributed by atoms with Crippen LogP contribution in [-0.4, -0.2) is 19.2 Å². The molecule has 0 atom stereocenters. The van der Waals surface area contributed by atoms with E-state index in [1.807, 2.05) is 6.92 Å². The molecule has 0 amide bonds. The first-order valence-corrected chi connectivity index (χ1v) is 8.28. The van der Waals surface area contributed by atoms with E-state index in [4.69, 9.17) is 18.6 Å². The van der Waals surface area contributed by atoms with Gasteiger partial charge in [0, 0.05) is 6.07 Å². The van der Waals surface area contributed by atoms with Gasteiger partial charge in [0.1, 0.15) is 35.2 Å². The van der Waals surface area contributed by atoms with E-state index in [1.54, 1.807) is 31.2 Å². The van der Waals surface area contributed by atoms with Gasteiger partial charge in [-0.3, -0.25) is 4.79 Å². The Morgan fingerprint density at radius 1 is 1.04 bits per heavy atom. The van der Waals surface area contributed by atoms with Crippen molar-refractivity contribution >= 4 is 16.9 Å². The molecule has 0 aliphatic heterocycles. The van der Waals surface area contributed by atoms with E-state index in [2.05, 4.69) is 0 Å². The number of aryl methyl sites for hydroxylation is 1. The van der Waals surface area contributed by atoms with Crippen molar-refractivity contribution in [2.45, 2.75) is 13.8 Å². The summed E-state index contributed by atoms with van der Waals surface area (Å²) < 4.78 is 21.8. The SMILES string of the molecule is CCOc1ccc(Oc2c(C)oc3cc(OCC(=O)[O-])ccc3c2=O)cc1. The predicted octanol–water partition coefficient (Wildman–Crippen LogP) is 2.42. The third-order valence-corrected chi connectivity index (χ3v) is 3.70. The highest BCUT2D eigenvalue weighted by atomic mass is 16.5. The largest absolute Gasteiger partial charge is 0.546 e. The molecule has 7 nitrogen and oxygen atoms in total. The zero-order valence-corrected chi connectivity index (χ0v) is 14.8. The second-order valence-corrected chi connectivity index (χ2v) is 5.64. The molecule has 0 radical (unpaired) electrons. The minimum Gasteiger partial charge on any atom is -0.546 e. The van der Waals surface area contributed by atoms with E-state index < -0.39 is 12.6 Å². The van der Waals surface area contributed by atoms with Crippen molar-refractivity contribution < 1.29 is 28.5 Å². The van der Waals surface area contributed by atoms with Crippen molar-refractivity contribution in [3.8, 4) is 23.0 Å². The third kappa shape index (κ3) is 4.20. The number of ether oxygens (including phenoxy) is 3. The number of carboxylic acid groups (broad SMARTS) is 1. The van der Waals surface area contributed by atoms with E-state index in [9.17, 15) is 14.7 Å². The summed E-state index contributed by atoms with van der Waals surface area (Å²) in [5, 5.41) is 10.8. The summed E-state index contributed by atoms with van der Waals surface area (Å²) in [5.74, 6) is 0.466. The molecule has 27 heavy (non-hydrogen) atoms. The summed E-state index contributed by atoms with van der Waals surface area (Å²) in [5.41, 5.74) is -0.0681. The molecule has 0 saturated heterocycles. The molecule has 0 aliphatic carbocycles. The number of carbonyl (C=O) groups is 1. The number of aliphatic carboxylic acids is 1. The van der Waals surface area contributed by atoms with Crippen LogP contribution in [0.25, 0.3) is 11.0 Å². The van der Waals surface area contributed by atoms with Crippen LogP contribution in [0, 0.1) is 6.92 Å². The van der Waals surface area contributed by atoms with Gasteiger partial charge < -0.3 is 28.5 Å². The normalized spacial score (nSPS) is 10.6. The average Bonchev–Trinajstić information content (AvgIpc) is 2.65. The fourth-order valence-corrected chi connectivity index (χ4v) is 2.51. The highest BCUT2D eigenvalue weighted by molar-refractivity contribution is 5.79. The third-order valence-electron chi connectivity index (χ3n) is 3.70. The summed E-state index contributed by atoms with van der Waals surface area (Å²) in [7, 11) is 0. The van der Waals surface area contributed by atoms with Crippen LogP contribution in [0.5, 0.6) is 23.0 Å². The molecule has 0 fully saturated rings. The Bertz CT molecular complexity index is 1020. The molecule has 0 unspecified atom stereocenters. The van der Waals surface area contributed by atoms with Crippen molar-refractivity contribution in [3.05, 3.63) is 58.4 Å².